The van der Waals surface area contributed by atoms with Crippen molar-refractivity contribution in [1.29, 1.82) is 0 Å². The van der Waals surface area contributed by atoms with Crippen LogP contribution in [0.4, 0.5) is 5.69 Å². The molecule has 2 aromatic rings. The quantitative estimate of drug-likeness (QED) is 0.933. The SMILES string of the molecule is Cc1cnc(CS(=O)c2ccc(Br)cc2)c(C)c1N. The van der Waals surface area contributed by atoms with E-state index in [-0.39, 0.29) is 0 Å². The highest BCUT2D eigenvalue weighted by molar-refractivity contribution is 9.10. The van der Waals surface area contributed by atoms with E-state index in [2.05, 4.69) is 20.9 Å². The Morgan fingerprint density at radius 2 is 1.89 bits per heavy atom. The molecule has 1 aromatic heterocycles. The normalized spacial score (nSPS) is 12.4. The fourth-order valence-electron chi connectivity index (χ4n) is 1.73. The van der Waals surface area contributed by atoms with Crippen LogP contribution < -0.4 is 5.73 Å². The molecular formula is C14H15BrN2OS. The molecule has 100 valence electrons. The molecule has 1 heterocycles. The van der Waals surface area contributed by atoms with Crippen molar-refractivity contribution in [1.82, 2.24) is 4.98 Å². The molecule has 19 heavy (non-hydrogen) atoms. The summed E-state index contributed by atoms with van der Waals surface area (Å²) in [6.45, 7) is 3.84. The van der Waals surface area contributed by atoms with E-state index < -0.39 is 10.8 Å². The Balaban J connectivity index is 2.24. The average molecular weight is 339 g/mol. The van der Waals surface area contributed by atoms with Crippen LogP contribution in [0.3, 0.4) is 0 Å². The van der Waals surface area contributed by atoms with Gasteiger partial charge >= 0.3 is 0 Å². The zero-order valence-electron chi connectivity index (χ0n) is 10.8. The third kappa shape index (κ3) is 3.22. The minimum absolute atomic E-state index is 0.387. The van der Waals surface area contributed by atoms with Gasteiger partial charge in [0.25, 0.3) is 0 Å². The Morgan fingerprint density at radius 3 is 2.53 bits per heavy atom. The fourth-order valence-corrected chi connectivity index (χ4v) is 3.14. The highest BCUT2D eigenvalue weighted by atomic mass is 79.9. The first-order chi connectivity index (χ1) is 8.99. The summed E-state index contributed by atoms with van der Waals surface area (Å²) in [5.41, 5.74) is 9.38. The molecule has 5 heteroatoms. The van der Waals surface area contributed by atoms with Crippen molar-refractivity contribution >= 4 is 32.4 Å². The van der Waals surface area contributed by atoms with Gasteiger partial charge in [-0.3, -0.25) is 9.19 Å². The van der Waals surface area contributed by atoms with Gasteiger partial charge in [-0.05, 0) is 49.2 Å². The summed E-state index contributed by atoms with van der Waals surface area (Å²) >= 11 is 3.36. The van der Waals surface area contributed by atoms with Crippen molar-refractivity contribution in [2.45, 2.75) is 24.5 Å². The van der Waals surface area contributed by atoms with Crippen LogP contribution in [0.15, 0.2) is 39.8 Å². The van der Waals surface area contributed by atoms with Gasteiger partial charge in [-0.25, -0.2) is 0 Å². The van der Waals surface area contributed by atoms with Crippen LogP contribution in [-0.4, -0.2) is 9.19 Å². The van der Waals surface area contributed by atoms with Crippen LogP contribution >= 0.6 is 15.9 Å². The van der Waals surface area contributed by atoms with Gasteiger partial charge in [0.2, 0.25) is 0 Å². The molecule has 0 aliphatic rings. The summed E-state index contributed by atoms with van der Waals surface area (Å²) in [5.74, 6) is 0.387. The van der Waals surface area contributed by atoms with Gasteiger partial charge in [0.05, 0.1) is 22.2 Å². The van der Waals surface area contributed by atoms with Crippen molar-refractivity contribution in [3.05, 3.63) is 51.8 Å². The predicted octanol–water partition coefficient (Wildman–Crippen LogP) is 3.35. The van der Waals surface area contributed by atoms with Crippen LogP contribution in [0.2, 0.25) is 0 Å². The summed E-state index contributed by atoms with van der Waals surface area (Å²) in [6, 6.07) is 7.48. The molecule has 2 rings (SSSR count). The number of pyridine rings is 1. The molecule has 0 amide bonds. The molecular weight excluding hydrogens is 324 g/mol. The first-order valence-electron chi connectivity index (χ1n) is 5.83. The van der Waals surface area contributed by atoms with Crippen molar-refractivity contribution < 1.29 is 4.21 Å². The van der Waals surface area contributed by atoms with Crippen molar-refractivity contribution in [3.8, 4) is 0 Å². The minimum atomic E-state index is -1.11. The number of hydrogen-bond acceptors (Lipinski definition) is 3. The molecule has 0 spiro atoms. The third-order valence-electron chi connectivity index (χ3n) is 3.02. The van der Waals surface area contributed by atoms with E-state index in [1.54, 1.807) is 6.20 Å². The maximum atomic E-state index is 12.3. The van der Waals surface area contributed by atoms with E-state index in [0.29, 0.717) is 5.75 Å². The summed E-state index contributed by atoms with van der Waals surface area (Å²) < 4.78 is 13.3. The van der Waals surface area contributed by atoms with Gasteiger partial charge in [0.15, 0.2) is 0 Å². The Bertz CT molecular complexity index is 626. The van der Waals surface area contributed by atoms with Crippen molar-refractivity contribution in [2.24, 2.45) is 0 Å². The van der Waals surface area contributed by atoms with Crippen LogP contribution in [0, 0.1) is 13.8 Å². The van der Waals surface area contributed by atoms with Crippen LogP contribution in [0.5, 0.6) is 0 Å². The van der Waals surface area contributed by atoms with Gasteiger partial charge in [0.1, 0.15) is 0 Å². The molecule has 0 saturated heterocycles. The zero-order chi connectivity index (χ0) is 14.0. The molecule has 1 atom stereocenters. The number of hydrogen-bond donors (Lipinski definition) is 1. The molecule has 0 aliphatic heterocycles. The van der Waals surface area contributed by atoms with E-state index >= 15 is 0 Å². The Labute approximate surface area is 123 Å². The number of benzene rings is 1. The summed E-state index contributed by atoms with van der Waals surface area (Å²) in [7, 11) is -1.11. The Kier molecular flexibility index (Phi) is 4.37. The van der Waals surface area contributed by atoms with Gasteiger partial charge in [-0.2, -0.15) is 0 Å². The molecule has 0 radical (unpaired) electrons. The first-order valence-corrected chi connectivity index (χ1v) is 7.94. The fraction of sp³-hybridized carbons (Fsp3) is 0.214. The second-order valence-corrected chi connectivity index (χ2v) is 6.74. The lowest BCUT2D eigenvalue weighted by molar-refractivity contribution is 0.682. The average Bonchev–Trinajstić information content (AvgIpc) is 2.40. The number of nitrogen functional groups attached to an aromatic ring is 1. The number of anilines is 1. The number of halogens is 1. The first kappa shape index (κ1) is 14.2. The maximum absolute atomic E-state index is 12.3. The minimum Gasteiger partial charge on any atom is -0.398 e. The van der Waals surface area contributed by atoms with E-state index in [9.17, 15) is 4.21 Å². The lowest BCUT2D eigenvalue weighted by atomic mass is 10.1. The number of nitrogens with two attached hydrogens (primary N) is 1. The lowest BCUT2D eigenvalue weighted by Gasteiger charge is -2.09. The Hall–Kier alpha value is -1.20. The zero-order valence-corrected chi connectivity index (χ0v) is 13.2. The van der Waals surface area contributed by atoms with E-state index in [4.69, 9.17) is 5.73 Å². The second kappa shape index (κ2) is 5.84. The molecule has 1 aromatic carbocycles. The standard InChI is InChI=1S/C14H15BrN2OS/c1-9-7-17-13(10(2)14(9)16)8-19(18)12-5-3-11(15)4-6-12/h3-7H,8H2,1-2H3,(H2,16,17). The monoisotopic (exact) mass is 338 g/mol. The number of rotatable bonds is 3. The molecule has 1 unspecified atom stereocenters. The molecule has 0 saturated carbocycles. The number of aryl methyl sites for hydroxylation is 1. The van der Waals surface area contributed by atoms with Crippen LogP contribution in [0.25, 0.3) is 0 Å². The van der Waals surface area contributed by atoms with Crippen LogP contribution in [0.1, 0.15) is 16.8 Å². The molecule has 0 aliphatic carbocycles. The van der Waals surface area contributed by atoms with Gasteiger partial charge in [0, 0.05) is 21.3 Å². The predicted molar refractivity (Wildman–Crippen MR) is 82.4 cm³/mol. The molecule has 2 N–H and O–H groups in total. The van der Waals surface area contributed by atoms with Crippen molar-refractivity contribution in [2.75, 3.05) is 5.73 Å². The summed E-state index contributed by atoms with van der Waals surface area (Å²) in [6.07, 6.45) is 1.73. The van der Waals surface area contributed by atoms with Gasteiger partial charge < -0.3 is 5.73 Å². The smallest absolute Gasteiger partial charge is 0.0709 e. The number of aromatic nitrogens is 1. The highest BCUT2D eigenvalue weighted by Gasteiger charge is 2.11. The largest absolute Gasteiger partial charge is 0.398 e. The molecule has 0 fully saturated rings. The lowest BCUT2D eigenvalue weighted by Crippen LogP contribution is -2.05. The van der Waals surface area contributed by atoms with E-state index in [1.165, 1.54) is 0 Å². The summed E-state index contributed by atoms with van der Waals surface area (Å²) in [4.78, 5) is 5.13. The highest BCUT2D eigenvalue weighted by Crippen LogP contribution is 2.21. The van der Waals surface area contributed by atoms with E-state index in [1.807, 2.05) is 38.1 Å². The van der Waals surface area contributed by atoms with Gasteiger partial charge in [-0.1, -0.05) is 15.9 Å². The number of nitrogens with zero attached hydrogens (tertiary/aromatic N) is 1. The Morgan fingerprint density at radius 1 is 1.26 bits per heavy atom. The van der Waals surface area contributed by atoms with Crippen molar-refractivity contribution in [3.63, 3.8) is 0 Å². The van der Waals surface area contributed by atoms with Crippen LogP contribution in [-0.2, 0) is 16.6 Å². The molecule has 3 nitrogen and oxygen atoms in total. The maximum Gasteiger partial charge on any atom is 0.0709 e. The second-order valence-electron chi connectivity index (χ2n) is 4.37. The van der Waals surface area contributed by atoms with E-state index in [0.717, 1.165) is 31.9 Å². The third-order valence-corrected chi connectivity index (χ3v) is 4.88. The topological polar surface area (TPSA) is 56.0 Å². The van der Waals surface area contributed by atoms with Gasteiger partial charge in [-0.15, -0.1) is 0 Å². The molecule has 0 bridgehead atoms. The summed E-state index contributed by atoms with van der Waals surface area (Å²) in [5, 5.41) is 0.